The first-order valence-electron chi connectivity index (χ1n) is 10.9. The molecule has 2 atom stereocenters. The van der Waals surface area contributed by atoms with Gasteiger partial charge in [0.25, 0.3) is 0 Å². The van der Waals surface area contributed by atoms with E-state index in [1.165, 1.54) is 5.69 Å². The Morgan fingerprint density at radius 2 is 1.90 bits per heavy atom. The molecule has 162 valence electrons. The molecule has 0 radical (unpaired) electrons. The van der Waals surface area contributed by atoms with Gasteiger partial charge in [0.15, 0.2) is 5.82 Å². The molecule has 4 heterocycles. The zero-order valence-electron chi connectivity index (χ0n) is 17.5. The SMILES string of the molecule is OC1CNC[C@H](CNc2nc(-c3ccc(N4CCOCC4)cc3)cc3nccnc23)C1. The van der Waals surface area contributed by atoms with E-state index < -0.39 is 0 Å². The van der Waals surface area contributed by atoms with Gasteiger partial charge in [-0.05, 0) is 37.1 Å². The maximum Gasteiger partial charge on any atom is 0.154 e. The predicted octanol–water partition coefficient (Wildman–Crippen LogP) is 1.91. The van der Waals surface area contributed by atoms with Gasteiger partial charge in [-0.1, -0.05) is 12.1 Å². The van der Waals surface area contributed by atoms with E-state index in [0.29, 0.717) is 12.5 Å². The molecule has 31 heavy (non-hydrogen) atoms. The van der Waals surface area contributed by atoms with E-state index in [1.807, 2.05) is 6.07 Å². The highest BCUT2D eigenvalue weighted by Crippen LogP contribution is 2.28. The average Bonchev–Trinajstić information content (AvgIpc) is 2.83. The van der Waals surface area contributed by atoms with Crippen molar-refractivity contribution in [1.82, 2.24) is 20.3 Å². The van der Waals surface area contributed by atoms with Gasteiger partial charge < -0.3 is 25.4 Å². The van der Waals surface area contributed by atoms with Crippen molar-refractivity contribution in [3.05, 3.63) is 42.7 Å². The standard InChI is InChI=1S/C23H28N6O2/c30-19-11-16(13-24-15-19)14-27-23-22-21(25-5-6-26-22)12-20(28-23)17-1-3-18(4-2-17)29-7-9-31-10-8-29/h1-6,12,16,19,24,30H,7-11,13-15H2,(H,27,28)/t16-,19?/m1/s1. The van der Waals surface area contributed by atoms with E-state index in [4.69, 9.17) is 9.72 Å². The van der Waals surface area contributed by atoms with Gasteiger partial charge >= 0.3 is 0 Å². The van der Waals surface area contributed by atoms with Gasteiger partial charge in [-0.2, -0.15) is 0 Å². The summed E-state index contributed by atoms with van der Waals surface area (Å²) in [6, 6.07) is 10.5. The van der Waals surface area contributed by atoms with Crippen molar-refractivity contribution < 1.29 is 9.84 Å². The Hall–Kier alpha value is -2.81. The van der Waals surface area contributed by atoms with E-state index >= 15 is 0 Å². The van der Waals surface area contributed by atoms with E-state index in [9.17, 15) is 5.11 Å². The molecule has 8 heteroatoms. The zero-order valence-corrected chi connectivity index (χ0v) is 17.5. The Labute approximate surface area is 181 Å². The van der Waals surface area contributed by atoms with Crippen LogP contribution in [0.1, 0.15) is 6.42 Å². The topological polar surface area (TPSA) is 95.4 Å². The van der Waals surface area contributed by atoms with Gasteiger partial charge in [-0.25, -0.2) is 9.97 Å². The first-order chi connectivity index (χ1) is 15.3. The Morgan fingerprint density at radius 1 is 1.10 bits per heavy atom. The van der Waals surface area contributed by atoms with Crippen molar-refractivity contribution in [2.75, 3.05) is 56.2 Å². The minimum absolute atomic E-state index is 0.290. The fourth-order valence-electron chi connectivity index (χ4n) is 4.31. The lowest BCUT2D eigenvalue weighted by Gasteiger charge is -2.29. The van der Waals surface area contributed by atoms with Gasteiger partial charge in [0.1, 0.15) is 5.52 Å². The van der Waals surface area contributed by atoms with Crippen LogP contribution >= 0.6 is 0 Å². The zero-order chi connectivity index (χ0) is 21.0. The number of nitrogens with zero attached hydrogens (tertiary/aromatic N) is 4. The minimum Gasteiger partial charge on any atom is -0.392 e. The summed E-state index contributed by atoms with van der Waals surface area (Å²) in [6.07, 6.45) is 3.89. The number of benzene rings is 1. The fourth-order valence-corrected chi connectivity index (χ4v) is 4.31. The molecule has 2 fully saturated rings. The number of hydrogen-bond donors (Lipinski definition) is 3. The smallest absolute Gasteiger partial charge is 0.154 e. The van der Waals surface area contributed by atoms with Crippen LogP contribution in [0.25, 0.3) is 22.3 Å². The number of morpholine rings is 1. The van der Waals surface area contributed by atoms with Crippen LogP contribution in [0.2, 0.25) is 0 Å². The summed E-state index contributed by atoms with van der Waals surface area (Å²) in [5.41, 5.74) is 4.69. The van der Waals surface area contributed by atoms with Gasteiger partial charge in [0.05, 0.1) is 30.5 Å². The fraction of sp³-hybridized carbons (Fsp3) is 0.435. The quantitative estimate of drug-likeness (QED) is 0.576. The molecule has 0 bridgehead atoms. The summed E-state index contributed by atoms with van der Waals surface area (Å²) in [4.78, 5) is 16.2. The van der Waals surface area contributed by atoms with Crippen molar-refractivity contribution in [2.24, 2.45) is 5.92 Å². The molecular weight excluding hydrogens is 392 g/mol. The molecule has 2 saturated heterocycles. The normalized spacial score (nSPS) is 21.9. The lowest BCUT2D eigenvalue weighted by molar-refractivity contribution is 0.117. The van der Waals surface area contributed by atoms with Crippen molar-refractivity contribution in [3.63, 3.8) is 0 Å². The van der Waals surface area contributed by atoms with Crippen molar-refractivity contribution in [1.29, 1.82) is 0 Å². The highest BCUT2D eigenvalue weighted by atomic mass is 16.5. The number of pyridine rings is 1. The van der Waals surface area contributed by atoms with Crippen LogP contribution < -0.4 is 15.5 Å². The van der Waals surface area contributed by atoms with Crippen LogP contribution in [0.5, 0.6) is 0 Å². The molecule has 3 N–H and O–H groups in total. The molecule has 0 spiro atoms. The second-order valence-corrected chi connectivity index (χ2v) is 8.22. The van der Waals surface area contributed by atoms with Gasteiger partial charge in [0, 0.05) is 49.8 Å². The highest BCUT2D eigenvalue weighted by Gasteiger charge is 2.20. The third kappa shape index (κ3) is 4.61. The summed E-state index contributed by atoms with van der Waals surface area (Å²) in [5, 5.41) is 16.7. The number of piperidine rings is 1. The number of nitrogens with one attached hydrogen (secondary N) is 2. The number of aliphatic hydroxyl groups is 1. The molecule has 0 aliphatic carbocycles. The first-order valence-corrected chi connectivity index (χ1v) is 10.9. The van der Waals surface area contributed by atoms with Crippen molar-refractivity contribution >= 4 is 22.5 Å². The van der Waals surface area contributed by atoms with Crippen LogP contribution in [-0.4, -0.2) is 72.1 Å². The molecule has 3 aromatic rings. The number of aliphatic hydroxyl groups excluding tert-OH is 1. The highest BCUT2D eigenvalue weighted by molar-refractivity contribution is 5.88. The molecule has 8 nitrogen and oxygen atoms in total. The van der Waals surface area contributed by atoms with Gasteiger partial charge in [-0.3, -0.25) is 4.98 Å². The van der Waals surface area contributed by atoms with Crippen LogP contribution in [0, 0.1) is 5.92 Å². The number of aromatic nitrogens is 3. The Morgan fingerprint density at radius 3 is 2.71 bits per heavy atom. The van der Waals surface area contributed by atoms with Crippen LogP contribution in [0.4, 0.5) is 11.5 Å². The monoisotopic (exact) mass is 420 g/mol. The van der Waals surface area contributed by atoms with E-state index in [-0.39, 0.29) is 6.10 Å². The van der Waals surface area contributed by atoms with Crippen LogP contribution in [-0.2, 0) is 4.74 Å². The summed E-state index contributed by atoms with van der Waals surface area (Å²) in [6.45, 7) is 5.66. The van der Waals surface area contributed by atoms with Crippen molar-refractivity contribution in [2.45, 2.75) is 12.5 Å². The molecule has 5 rings (SSSR count). The summed E-state index contributed by atoms with van der Waals surface area (Å²) in [7, 11) is 0. The van der Waals surface area contributed by atoms with Crippen molar-refractivity contribution in [3.8, 4) is 11.3 Å². The second kappa shape index (κ2) is 9.13. The van der Waals surface area contributed by atoms with Gasteiger partial charge in [-0.15, -0.1) is 0 Å². The molecule has 0 amide bonds. The molecule has 2 aliphatic rings. The Balaban J connectivity index is 1.39. The number of rotatable bonds is 5. The third-order valence-corrected chi connectivity index (χ3v) is 5.97. The number of β-amino-alcohol motifs (C(OH)–C–C–N with tert-alkyl or cyclic N) is 1. The summed E-state index contributed by atoms with van der Waals surface area (Å²) < 4.78 is 5.45. The largest absolute Gasteiger partial charge is 0.392 e. The molecule has 1 aromatic carbocycles. The van der Waals surface area contributed by atoms with Gasteiger partial charge in [0.2, 0.25) is 0 Å². The number of fused-ring (bicyclic) bond motifs is 1. The Kier molecular flexibility index (Phi) is 5.93. The third-order valence-electron chi connectivity index (χ3n) is 5.97. The lowest BCUT2D eigenvalue weighted by Crippen LogP contribution is -2.41. The molecule has 2 aromatic heterocycles. The first kappa shape index (κ1) is 20.1. The number of anilines is 2. The van der Waals surface area contributed by atoms with Crippen LogP contribution in [0.3, 0.4) is 0 Å². The lowest BCUT2D eigenvalue weighted by atomic mass is 9.97. The molecule has 1 unspecified atom stereocenters. The average molecular weight is 421 g/mol. The number of hydrogen-bond acceptors (Lipinski definition) is 8. The van der Waals surface area contributed by atoms with E-state index in [1.54, 1.807) is 12.4 Å². The van der Waals surface area contributed by atoms with E-state index in [0.717, 1.165) is 73.9 Å². The van der Waals surface area contributed by atoms with Crippen LogP contribution in [0.15, 0.2) is 42.7 Å². The summed E-state index contributed by atoms with van der Waals surface area (Å²) >= 11 is 0. The maximum atomic E-state index is 9.92. The summed E-state index contributed by atoms with van der Waals surface area (Å²) in [5.74, 6) is 1.08. The van der Waals surface area contributed by atoms with E-state index in [2.05, 4.69) is 49.8 Å². The number of ether oxygens (including phenoxy) is 1. The Bertz CT molecular complexity index is 1020. The molecule has 2 aliphatic heterocycles. The predicted molar refractivity (Wildman–Crippen MR) is 121 cm³/mol. The molecular formula is C23H28N6O2. The maximum absolute atomic E-state index is 9.92. The molecule has 0 saturated carbocycles. The minimum atomic E-state index is -0.290. The second-order valence-electron chi connectivity index (χ2n) is 8.22.